The number of aromatic amines is 1. The molecule has 1 atom stereocenters. The van der Waals surface area contributed by atoms with Crippen LogP contribution in [0.5, 0.6) is 11.5 Å². The summed E-state index contributed by atoms with van der Waals surface area (Å²) < 4.78 is 54.3. The number of amides is 1. The van der Waals surface area contributed by atoms with Crippen LogP contribution in [0.15, 0.2) is 65.7 Å². The lowest BCUT2D eigenvalue weighted by Crippen LogP contribution is -2.45. The number of benzene rings is 2. The highest BCUT2D eigenvalue weighted by molar-refractivity contribution is 7.92. The Morgan fingerprint density at radius 2 is 1.70 bits per heavy atom. The molecule has 12 nitrogen and oxygen atoms in total. The molecule has 54 heavy (non-hydrogen) atoms. The third-order valence-corrected chi connectivity index (χ3v) is 11.2. The second-order valence-corrected chi connectivity index (χ2v) is 17.8. The third kappa shape index (κ3) is 10.0. The second-order valence-electron chi connectivity index (χ2n) is 15.8. The van der Waals surface area contributed by atoms with Gasteiger partial charge in [0.2, 0.25) is 10.0 Å². The maximum atomic E-state index is 12.9. The van der Waals surface area contributed by atoms with Crippen molar-refractivity contribution >= 4 is 32.7 Å². The van der Waals surface area contributed by atoms with Gasteiger partial charge in [-0.3, -0.25) is 9.52 Å². The number of carbonyl (C=O) groups excluding carboxylic acids is 1. The molecule has 1 saturated heterocycles. The number of ether oxygens (including phenoxy) is 4. The Balaban J connectivity index is 1.30. The van der Waals surface area contributed by atoms with Crippen LogP contribution in [0.1, 0.15) is 86.6 Å². The van der Waals surface area contributed by atoms with Crippen molar-refractivity contribution in [2.24, 2.45) is 7.05 Å². The van der Waals surface area contributed by atoms with E-state index in [2.05, 4.69) is 37.4 Å². The van der Waals surface area contributed by atoms with Crippen molar-refractivity contribution < 1.29 is 32.2 Å². The lowest BCUT2D eigenvalue weighted by Gasteiger charge is -2.38. The summed E-state index contributed by atoms with van der Waals surface area (Å²) in [7, 11) is -1.86. The zero-order valence-electron chi connectivity index (χ0n) is 33.1. The summed E-state index contributed by atoms with van der Waals surface area (Å²) in [5.74, 6) is 0.993. The Hall–Kier alpha value is -4.33. The molecule has 1 unspecified atom stereocenters. The van der Waals surface area contributed by atoms with Gasteiger partial charge >= 0.3 is 6.09 Å². The standard InChI is InChI=1S/C41H56N4O8S/c1-10-41(8,50-24-20-40(6,7)52-30-18-22-45(23-19-30)38(47)53-39(3,4)5)28-13-12-14-31(25-28)51-35-16-15-29(43-54(48,49)11-2)26-33(35)34-27-44(9)37(46)36-32(34)17-21-42-36/h12-17,21,25-27,30,42-43H,10-11,18-20,22-24H2,1-9H3. The van der Waals surface area contributed by atoms with Crippen molar-refractivity contribution in [2.45, 2.75) is 104 Å². The number of carbonyl (C=O) groups is 1. The van der Waals surface area contributed by atoms with Crippen LogP contribution in [0.25, 0.3) is 22.0 Å². The number of aryl methyl sites for hydroxylation is 1. The first-order chi connectivity index (χ1) is 25.3. The van der Waals surface area contributed by atoms with E-state index in [4.69, 9.17) is 18.9 Å². The Labute approximate surface area is 319 Å². The molecule has 4 aromatic rings. The summed E-state index contributed by atoms with van der Waals surface area (Å²) in [6.07, 6.45) is 6.09. The molecular formula is C41H56N4O8S. The monoisotopic (exact) mass is 764 g/mol. The topological polar surface area (TPSA) is 141 Å². The minimum atomic E-state index is -3.54. The molecule has 0 radical (unpaired) electrons. The predicted octanol–water partition coefficient (Wildman–Crippen LogP) is 8.31. The van der Waals surface area contributed by atoms with E-state index >= 15 is 0 Å². The van der Waals surface area contributed by atoms with Gasteiger partial charge in [0.25, 0.3) is 5.56 Å². The smallest absolute Gasteiger partial charge is 0.410 e. The van der Waals surface area contributed by atoms with Crippen molar-refractivity contribution in [1.29, 1.82) is 0 Å². The van der Waals surface area contributed by atoms with Crippen LogP contribution < -0.4 is 15.0 Å². The molecule has 0 saturated carbocycles. The number of likely N-dealkylation sites (tertiary alicyclic amines) is 1. The average Bonchev–Trinajstić information content (AvgIpc) is 3.60. The molecule has 0 bridgehead atoms. The Morgan fingerprint density at radius 3 is 2.37 bits per heavy atom. The first kappa shape index (κ1) is 40.8. The fraction of sp³-hybridized carbons (Fsp3) is 0.512. The van der Waals surface area contributed by atoms with E-state index in [0.717, 1.165) is 18.4 Å². The number of sulfonamides is 1. The number of nitrogens with zero attached hydrogens (tertiary/aromatic N) is 2. The molecule has 1 aliphatic rings. The summed E-state index contributed by atoms with van der Waals surface area (Å²) in [5.41, 5.74) is 1.34. The van der Waals surface area contributed by atoms with E-state index < -0.39 is 26.8 Å². The summed E-state index contributed by atoms with van der Waals surface area (Å²) >= 11 is 0. The van der Waals surface area contributed by atoms with Crippen LogP contribution in [0.2, 0.25) is 0 Å². The van der Waals surface area contributed by atoms with Crippen LogP contribution in [0.3, 0.4) is 0 Å². The highest BCUT2D eigenvalue weighted by atomic mass is 32.2. The molecule has 1 fully saturated rings. The molecule has 0 spiro atoms. The average molecular weight is 765 g/mol. The fourth-order valence-electron chi connectivity index (χ4n) is 6.55. The molecule has 2 aromatic carbocycles. The summed E-state index contributed by atoms with van der Waals surface area (Å²) in [5, 5.41) is 0.692. The van der Waals surface area contributed by atoms with E-state index in [1.54, 1.807) is 49.5 Å². The number of aromatic nitrogens is 2. The number of rotatable bonds is 14. The Bertz CT molecular complexity index is 2110. The van der Waals surface area contributed by atoms with E-state index in [0.29, 0.717) is 71.8 Å². The summed E-state index contributed by atoms with van der Waals surface area (Å²) in [6.45, 7) is 17.2. The van der Waals surface area contributed by atoms with E-state index in [-0.39, 0.29) is 23.5 Å². The van der Waals surface area contributed by atoms with Crippen LogP contribution >= 0.6 is 0 Å². The van der Waals surface area contributed by atoms with Gasteiger partial charge in [-0.15, -0.1) is 0 Å². The van der Waals surface area contributed by atoms with Crippen molar-refractivity contribution in [3.05, 3.63) is 76.8 Å². The van der Waals surface area contributed by atoms with Gasteiger partial charge in [-0.25, -0.2) is 13.2 Å². The third-order valence-electron chi connectivity index (χ3n) is 9.87. The van der Waals surface area contributed by atoms with Gasteiger partial charge < -0.3 is 33.4 Å². The lowest BCUT2D eigenvalue weighted by atomic mass is 9.92. The molecule has 2 aromatic heterocycles. The van der Waals surface area contributed by atoms with Gasteiger partial charge in [0.1, 0.15) is 22.6 Å². The number of piperidine rings is 1. The van der Waals surface area contributed by atoms with Crippen LogP contribution in [-0.4, -0.2) is 71.7 Å². The SMILES string of the molecule is CCC(C)(OCCC(C)(C)OC1CCN(C(=O)OC(C)(C)C)CC1)c1cccc(Oc2ccc(NS(=O)(=O)CC)cc2-c2cn(C)c(=O)c3[nH]ccc23)c1. The van der Waals surface area contributed by atoms with Crippen molar-refractivity contribution in [3.63, 3.8) is 0 Å². The normalized spacial score (nSPS) is 15.6. The minimum Gasteiger partial charge on any atom is -0.457 e. The van der Waals surface area contributed by atoms with E-state index in [1.165, 1.54) is 4.57 Å². The van der Waals surface area contributed by atoms with Crippen LogP contribution in [-0.2, 0) is 36.9 Å². The van der Waals surface area contributed by atoms with Crippen molar-refractivity contribution in [3.8, 4) is 22.6 Å². The van der Waals surface area contributed by atoms with Gasteiger partial charge in [-0.05, 0) is 116 Å². The summed E-state index contributed by atoms with van der Waals surface area (Å²) in [4.78, 5) is 30.1. The maximum absolute atomic E-state index is 12.9. The van der Waals surface area contributed by atoms with Gasteiger partial charge in [0.05, 0.1) is 29.7 Å². The highest BCUT2D eigenvalue weighted by Crippen LogP contribution is 2.40. The Morgan fingerprint density at radius 1 is 0.981 bits per heavy atom. The first-order valence-electron chi connectivity index (χ1n) is 18.7. The number of fused-ring (bicyclic) bond motifs is 1. The quantitative estimate of drug-likeness (QED) is 0.131. The molecule has 5 rings (SSSR count). The van der Waals surface area contributed by atoms with Crippen molar-refractivity contribution in [2.75, 3.05) is 30.2 Å². The van der Waals surface area contributed by atoms with Gasteiger partial charge in [0, 0.05) is 54.7 Å². The predicted molar refractivity (Wildman–Crippen MR) is 213 cm³/mol. The van der Waals surface area contributed by atoms with Gasteiger partial charge in [0.15, 0.2) is 0 Å². The molecule has 13 heteroatoms. The van der Waals surface area contributed by atoms with E-state index in [1.807, 2.05) is 51.1 Å². The molecular weight excluding hydrogens is 709 g/mol. The molecule has 0 aliphatic carbocycles. The second kappa shape index (κ2) is 16.2. The van der Waals surface area contributed by atoms with Crippen LogP contribution in [0.4, 0.5) is 10.5 Å². The first-order valence-corrected chi connectivity index (χ1v) is 20.4. The number of anilines is 1. The lowest BCUT2D eigenvalue weighted by molar-refractivity contribution is -0.118. The zero-order chi connectivity index (χ0) is 39.5. The number of H-pyrrole nitrogens is 1. The molecule has 3 heterocycles. The van der Waals surface area contributed by atoms with Gasteiger partial charge in [-0.2, -0.15) is 0 Å². The number of hydrogen-bond donors (Lipinski definition) is 2. The van der Waals surface area contributed by atoms with Crippen molar-refractivity contribution in [1.82, 2.24) is 14.5 Å². The highest BCUT2D eigenvalue weighted by Gasteiger charge is 2.32. The zero-order valence-corrected chi connectivity index (χ0v) is 33.9. The maximum Gasteiger partial charge on any atom is 0.410 e. The molecule has 294 valence electrons. The number of hydrogen-bond acceptors (Lipinski definition) is 8. The van der Waals surface area contributed by atoms with Crippen LogP contribution in [0, 0.1) is 0 Å². The molecule has 2 N–H and O–H groups in total. The van der Waals surface area contributed by atoms with Gasteiger partial charge in [-0.1, -0.05) is 19.1 Å². The van der Waals surface area contributed by atoms with E-state index in [9.17, 15) is 18.0 Å². The molecule has 1 amide bonds. The fourth-order valence-corrected chi connectivity index (χ4v) is 7.18. The minimum absolute atomic E-state index is 0.0463. The number of nitrogens with one attached hydrogen (secondary N) is 2. The summed E-state index contributed by atoms with van der Waals surface area (Å²) in [6, 6.07) is 14.7. The number of pyridine rings is 1. The Kier molecular flexibility index (Phi) is 12.2. The molecule has 1 aliphatic heterocycles. The largest absolute Gasteiger partial charge is 0.457 e.